The van der Waals surface area contributed by atoms with Crippen molar-refractivity contribution in [2.24, 2.45) is 5.10 Å². The van der Waals surface area contributed by atoms with Crippen LogP contribution in [0.4, 0.5) is 10.1 Å². The third-order valence-corrected chi connectivity index (χ3v) is 3.12. The Labute approximate surface area is 122 Å². The zero-order valence-corrected chi connectivity index (χ0v) is 11.9. The molecule has 0 bridgehead atoms. The third-order valence-electron chi connectivity index (χ3n) is 2.79. The van der Waals surface area contributed by atoms with Gasteiger partial charge in [-0.05, 0) is 37.3 Å². The van der Waals surface area contributed by atoms with Crippen LogP contribution < -0.4 is 10.2 Å². The summed E-state index contributed by atoms with van der Waals surface area (Å²) in [7, 11) is 1.43. The summed E-state index contributed by atoms with van der Waals surface area (Å²) in [5.41, 5.74) is 4.87. The zero-order chi connectivity index (χ0) is 14.5. The molecule has 0 unspecified atom stereocenters. The molecule has 0 atom stereocenters. The summed E-state index contributed by atoms with van der Waals surface area (Å²) < 4.78 is 18.5. The molecule has 0 aliphatic heterocycles. The Kier molecular flexibility index (Phi) is 4.58. The Morgan fingerprint density at radius 2 is 2.00 bits per heavy atom. The van der Waals surface area contributed by atoms with Gasteiger partial charge in [0, 0.05) is 5.56 Å². The molecule has 0 spiro atoms. The number of anilines is 1. The maximum atomic E-state index is 13.6. The van der Waals surface area contributed by atoms with Crippen molar-refractivity contribution in [3.8, 4) is 5.75 Å². The molecule has 0 aliphatic rings. The zero-order valence-electron chi connectivity index (χ0n) is 11.2. The average molecular weight is 293 g/mol. The van der Waals surface area contributed by atoms with Gasteiger partial charge in [0.1, 0.15) is 0 Å². The standard InChI is InChI=1S/C15H14ClFN2O/c1-10(11-7-8-15(20-2)13(17)9-11)18-19-14-6-4-3-5-12(14)16/h3-9,19H,1-2H3/b18-10-. The number of para-hydroxylation sites is 1. The molecule has 5 heteroatoms. The molecule has 104 valence electrons. The van der Waals surface area contributed by atoms with Gasteiger partial charge in [0.2, 0.25) is 0 Å². The van der Waals surface area contributed by atoms with Crippen LogP contribution in [0.5, 0.6) is 5.75 Å². The number of halogens is 2. The first-order chi connectivity index (χ1) is 9.61. The van der Waals surface area contributed by atoms with Crippen molar-refractivity contribution in [1.29, 1.82) is 0 Å². The summed E-state index contributed by atoms with van der Waals surface area (Å²) in [4.78, 5) is 0. The monoisotopic (exact) mass is 292 g/mol. The lowest BCUT2D eigenvalue weighted by atomic mass is 10.1. The van der Waals surface area contributed by atoms with E-state index in [2.05, 4.69) is 10.5 Å². The van der Waals surface area contributed by atoms with Gasteiger partial charge in [0.05, 0.1) is 23.5 Å². The van der Waals surface area contributed by atoms with Crippen molar-refractivity contribution in [2.45, 2.75) is 6.92 Å². The van der Waals surface area contributed by atoms with E-state index in [1.807, 2.05) is 18.2 Å². The van der Waals surface area contributed by atoms with Crippen LogP contribution >= 0.6 is 11.6 Å². The van der Waals surface area contributed by atoms with Crippen LogP contribution in [0.25, 0.3) is 0 Å². The van der Waals surface area contributed by atoms with Crippen molar-refractivity contribution < 1.29 is 9.13 Å². The molecule has 0 saturated carbocycles. The molecular weight excluding hydrogens is 279 g/mol. The predicted octanol–water partition coefficient (Wildman–Crippen LogP) is 4.32. The first kappa shape index (κ1) is 14.3. The van der Waals surface area contributed by atoms with Gasteiger partial charge >= 0.3 is 0 Å². The fourth-order valence-electron chi connectivity index (χ4n) is 1.65. The molecular formula is C15H14ClFN2O. The van der Waals surface area contributed by atoms with Crippen LogP contribution in [0.3, 0.4) is 0 Å². The van der Waals surface area contributed by atoms with Crippen LogP contribution in [-0.2, 0) is 0 Å². The lowest BCUT2D eigenvalue weighted by molar-refractivity contribution is 0.386. The fraction of sp³-hybridized carbons (Fsp3) is 0.133. The van der Waals surface area contributed by atoms with E-state index in [0.29, 0.717) is 22.0 Å². The van der Waals surface area contributed by atoms with E-state index in [1.165, 1.54) is 13.2 Å². The van der Waals surface area contributed by atoms with Crippen LogP contribution in [0.2, 0.25) is 5.02 Å². The summed E-state index contributed by atoms with van der Waals surface area (Å²) >= 11 is 6.01. The molecule has 2 aromatic rings. The number of hydrogen-bond donors (Lipinski definition) is 1. The lowest BCUT2D eigenvalue weighted by Crippen LogP contribution is -2.01. The number of nitrogens with one attached hydrogen (secondary N) is 1. The van der Waals surface area contributed by atoms with Crippen LogP contribution in [0, 0.1) is 5.82 Å². The minimum absolute atomic E-state index is 0.209. The van der Waals surface area contributed by atoms with Gasteiger partial charge in [-0.15, -0.1) is 0 Å². The Balaban J connectivity index is 2.19. The molecule has 0 aromatic heterocycles. The third kappa shape index (κ3) is 3.27. The normalized spacial score (nSPS) is 11.3. The number of hydrogen-bond acceptors (Lipinski definition) is 3. The first-order valence-electron chi connectivity index (χ1n) is 6.00. The van der Waals surface area contributed by atoms with Gasteiger partial charge < -0.3 is 4.74 Å². The van der Waals surface area contributed by atoms with E-state index >= 15 is 0 Å². The van der Waals surface area contributed by atoms with E-state index in [-0.39, 0.29) is 5.75 Å². The number of methoxy groups -OCH3 is 1. The Morgan fingerprint density at radius 3 is 2.65 bits per heavy atom. The highest BCUT2D eigenvalue weighted by atomic mass is 35.5. The van der Waals surface area contributed by atoms with Crippen molar-refractivity contribution >= 4 is 23.0 Å². The van der Waals surface area contributed by atoms with Gasteiger partial charge in [0.15, 0.2) is 11.6 Å². The second kappa shape index (κ2) is 6.39. The summed E-state index contributed by atoms with van der Waals surface area (Å²) in [6.07, 6.45) is 0. The number of hydrazone groups is 1. The average Bonchev–Trinajstić information content (AvgIpc) is 2.46. The quantitative estimate of drug-likeness (QED) is 0.672. The van der Waals surface area contributed by atoms with Crippen molar-refractivity contribution in [2.75, 3.05) is 12.5 Å². The van der Waals surface area contributed by atoms with Crippen molar-refractivity contribution in [3.05, 3.63) is 58.9 Å². The van der Waals surface area contributed by atoms with E-state index in [0.717, 1.165) is 0 Å². The molecule has 20 heavy (non-hydrogen) atoms. The largest absolute Gasteiger partial charge is 0.494 e. The maximum absolute atomic E-state index is 13.6. The van der Waals surface area contributed by atoms with Crippen molar-refractivity contribution in [3.63, 3.8) is 0 Å². The molecule has 2 aromatic carbocycles. The van der Waals surface area contributed by atoms with Crippen LogP contribution in [-0.4, -0.2) is 12.8 Å². The number of benzene rings is 2. The summed E-state index contributed by atoms with van der Waals surface area (Å²) in [5, 5.41) is 4.77. The minimum Gasteiger partial charge on any atom is -0.494 e. The van der Waals surface area contributed by atoms with Gasteiger partial charge in [-0.2, -0.15) is 5.10 Å². The SMILES string of the molecule is COc1ccc(/C(C)=N\Nc2ccccc2Cl)cc1F. The van der Waals surface area contributed by atoms with Gasteiger partial charge in [-0.3, -0.25) is 5.43 Å². The highest BCUT2D eigenvalue weighted by Gasteiger charge is 2.05. The number of ether oxygens (including phenoxy) is 1. The van der Waals surface area contributed by atoms with Crippen molar-refractivity contribution in [1.82, 2.24) is 0 Å². The molecule has 0 saturated heterocycles. The molecule has 0 amide bonds. The summed E-state index contributed by atoms with van der Waals surface area (Å²) in [6.45, 7) is 1.78. The lowest BCUT2D eigenvalue weighted by Gasteiger charge is -2.07. The van der Waals surface area contributed by atoms with Gasteiger partial charge in [-0.1, -0.05) is 23.7 Å². The smallest absolute Gasteiger partial charge is 0.165 e. The molecule has 1 N–H and O–H groups in total. The van der Waals surface area contributed by atoms with Gasteiger partial charge in [0.25, 0.3) is 0 Å². The molecule has 0 fully saturated rings. The Morgan fingerprint density at radius 1 is 1.25 bits per heavy atom. The topological polar surface area (TPSA) is 33.6 Å². The second-order valence-corrected chi connectivity index (χ2v) is 4.55. The summed E-state index contributed by atoms with van der Waals surface area (Å²) in [5.74, 6) is -0.210. The van der Waals surface area contributed by atoms with E-state index < -0.39 is 5.82 Å². The highest BCUT2D eigenvalue weighted by Crippen LogP contribution is 2.21. The van der Waals surface area contributed by atoms with E-state index in [1.54, 1.807) is 25.1 Å². The van der Waals surface area contributed by atoms with E-state index in [9.17, 15) is 4.39 Å². The minimum atomic E-state index is -0.419. The molecule has 2 rings (SSSR count). The molecule has 0 aliphatic carbocycles. The molecule has 0 heterocycles. The van der Waals surface area contributed by atoms with E-state index in [4.69, 9.17) is 16.3 Å². The Bertz CT molecular complexity index is 644. The maximum Gasteiger partial charge on any atom is 0.165 e. The second-order valence-electron chi connectivity index (χ2n) is 4.14. The van der Waals surface area contributed by atoms with Gasteiger partial charge in [-0.25, -0.2) is 4.39 Å². The first-order valence-corrected chi connectivity index (χ1v) is 6.38. The highest BCUT2D eigenvalue weighted by molar-refractivity contribution is 6.33. The fourth-order valence-corrected chi connectivity index (χ4v) is 1.83. The molecule has 3 nitrogen and oxygen atoms in total. The number of rotatable bonds is 4. The van der Waals surface area contributed by atoms with Crippen LogP contribution in [0.15, 0.2) is 47.6 Å². The Hall–Kier alpha value is -2.07. The summed E-state index contributed by atoms with van der Waals surface area (Å²) in [6, 6.07) is 12.0. The van der Waals surface area contributed by atoms with Crippen LogP contribution in [0.1, 0.15) is 12.5 Å². The molecule has 0 radical (unpaired) electrons. The number of nitrogens with zero attached hydrogens (tertiary/aromatic N) is 1. The predicted molar refractivity (Wildman–Crippen MR) is 80.2 cm³/mol.